The van der Waals surface area contributed by atoms with Gasteiger partial charge in [-0.15, -0.1) is 5.10 Å². The minimum Gasteiger partial charge on any atom is -0.489 e. The molecule has 0 radical (unpaired) electrons. The summed E-state index contributed by atoms with van der Waals surface area (Å²) in [5.41, 5.74) is 3.57. The molecule has 0 saturated heterocycles. The van der Waals surface area contributed by atoms with E-state index in [0.29, 0.717) is 6.61 Å². The molecule has 3 rings (SSSR count). The van der Waals surface area contributed by atoms with Crippen molar-refractivity contribution < 1.29 is 4.74 Å². The summed E-state index contributed by atoms with van der Waals surface area (Å²) in [5.74, 6) is 1.88. The lowest BCUT2D eigenvalue weighted by atomic mass is 10.1. The number of nitrogens with one attached hydrogen (secondary N) is 1. The maximum absolute atomic E-state index is 6.07. The monoisotopic (exact) mass is 461 g/mol. The van der Waals surface area contributed by atoms with E-state index in [9.17, 15) is 0 Å². The van der Waals surface area contributed by atoms with Crippen LogP contribution in [0.1, 0.15) is 23.1 Å². The summed E-state index contributed by atoms with van der Waals surface area (Å²) in [7, 11) is 1.85. The minimum atomic E-state index is 0.567. The lowest BCUT2D eigenvalue weighted by Gasteiger charge is -2.13. The Kier molecular flexibility index (Phi) is 7.88. The number of thioether (sulfide) groups is 1. The standard InChI is InChI=1S/C20H24BrN5OS/c1-15-4-6-16(7-5-15)14-27-19-9-8-18(21)12-17(19)13-22-10-3-11-28-20-23-24-25-26(20)2/h4-9,12,22H,3,10-11,13-14H2,1-2H3. The third-order valence-corrected chi connectivity index (χ3v) is 5.75. The van der Waals surface area contributed by atoms with Crippen LogP contribution < -0.4 is 10.1 Å². The SMILES string of the molecule is Cc1ccc(COc2ccc(Br)cc2CNCCCSc2nnnn2C)cc1. The Balaban J connectivity index is 1.45. The smallest absolute Gasteiger partial charge is 0.209 e. The average molecular weight is 462 g/mol. The van der Waals surface area contributed by atoms with Gasteiger partial charge in [0.1, 0.15) is 12.4 Å². The first-order valence-electron chi connectivity index (χ1n) is 9.14. The van der Waals surface area contributed by atoms with Gasteiger partial charge in [0.15, 0.2) is 0 Å². The van der Waals surface area contributed by atoms with Crippen molar-refractivity contribution in [1.29, 1.82) is 0 Å². The highest BCUT2D eigenvalue weighted by atomic mass is 79.9. The molecule has 0 bridgehead atoms. The molecule has 0 aliphatic rings. The second kappa shape index (κ2) is 10.6. The molecule has 3 aromatic rings. The van der Waals surface area contributed by atoms with Crippen molar-refractivity contribution in [2.24, 2.45) is 7.05 Å². The maximum atomic E-state index is 6.07. The number of aromatic nitrogens is 4. The first kappa shape index (κ1) is 20.8. The van der Waals surface area contributed by atoms with Gasteiger partial charge in [-0.1, -0.05) is 57.5 Å². The van der Waals surface area contributed by atoms with Crippen molar-refractivity contribution in [2.75, 3.05) is 12.3 Å². The summed E-state index contributed by atoms with van der Waals surface area (Å²) in [6.07, 6.45) is 1.03. The van der Waals surface area contributed by atoms with Crippen LogP contribution in [0, 0.1) is 6.92 Å². The van der Waals surface area contributed by atoms with Crippen molar-refractivity contribution in [3.8, 4) is 5.75 Å². The number of benzene rings is 2. The Labute approximate surface area is 178 Å². The molecule has 0 saturated carbocycles. The number of aryl methyl sites for hydroxylation is 2. The van der Waals surface area contributed by atoms with Gasteiger partial charge in [-0.2, -0.15) is 0 Å². The molecular weight excluding hydrogens is 438 g/mol. The van der Waals surface area contributed by atoms with Gasteiger partial charge in [0.25, 0.3) is 0 Å². The largest absolute Gasteiger partial charge is 0.489 e. The number of rotatable bonds is 10. The van der Waals surface area contributed by atoms with Crippen molar-refractivity contribution in [2.45, 2.75) is 31.7 Å². The van der Waals surface area contributed by atoms with Crippen LogP contribution in [0.3, 0.4) is 0 Å². The first-order chi connectivity index (χ1) is 13.6. The first-order valence-corrected chi connectivity index (χ1v) is 10.9. The van der Waals surface area contributed by atoms with Crippen LogP contribution in [-0.2, 0) is 20.2 Å². The van der Waals surface area contributed by atoms with Gasteiger partial charge in [0.2, 0.25) is 5.16 Å². The Morgan fingerprint density at radius 3 is 2.75 bits per heavy atom. The Morgan fingerprint density at radius 1 is 1.18 bits per heavy atom. The number of hydrogen-bond donors (Lipinski definition) is 1. The predicted octanol–water partition coefficient (Wildman–Crippen LogP) is 4.13. The van der Waals surface area contributed by atoms with Gasteiger partial charge in [0.05, 0.1) is 0 Å². The number of halogens is 1. The fraction of sp³-hybridized carbons (Fsp3) is 0.350. The van der Waals surface area contributed by atoms with E-state index in [-0.39, 0.29) is 0 Å². The van der Waals surface area contributed by atoms with E-state index < -0.39 is 0 Å². The van der Waals surface area contributed by atoms with E-state index in [1.807, 2.05) is 19.2 Å². The van der Waals surface area contributed by atoms with Gasteiger partial charge in [-0.25, -0.2) is 4.68 Å². The molecule has 0 fully saturated rings. The van der Waals surface area contributed by atoms with E-state index in [1.54, 1.807) is 16.4 Å². The topological polar surface area (TPSA) is 64.9 Å². The second-order valence-electron chi connectivity index (χ2n) is 6.49. The van der Waals surface area contributed by atoms with Crippen LogP contribution in [0.2, 0.25) is 0 Å². The lowest BCUT2D eigenvalue weighted by Crippen LogP contribution is -2.16. The van der Waals surface area contributed by atoms with Crippen LogP contribution in [0.4, 0.5) is 0 Å². The molecule has 0 unspecified atom stereocenters. The van der Waals surface area contributed by atoms with Crippen molar-refractivity contribution in [1.82, 2.24) is 25.5 Å². The van der Waals surface area contributed by atoms with Gasteiger partial charge in [-0.3, -0.25) is 0 Å². The molecule has 2 aromatic carbocycles. The summed E-state index contributed by atoms with van der Waals surface area (Å²) in [5, 5.41) is 15.8. The van der Waals surface area contributed by atoms with E-state index >= 15 is 0 Å². The fourth-order valence-electron chi connectivity index (χ4n) is 2.60. The number of hydrogen-bond acceptors (Lipinski definition) is 6. The second-order valence-corrected chi connectivity index (χ2v) is 8.47. The predicted molar refractivity (Wildman–Crippen MR) is 115 cm³/mol. The molecule has 1 heterocycles. The summed E-state index contributed by atoms with van der Waals surface area (Å²) in [4.78, 5) is 0. The van der Waals surface area contributed by atoms with Gasteiger partial charge in [-0.05, 0) is 54.1 Å². The quantitative estimate of drug-likeness (QED) is 0.361. The van der Waals surface area contributed by atoms with E-state index in [1.165, 1.54) is 11.1 Å². The average Bonchev–Trinajstić information content (AvgIpc) is 3.10. The molecule has 0 spiro atoms. The van der Waals surface area contributed by atoms with Crippen LogP contribution in [0.15, 0.2) is 52.1 Å². The molecule has 1 N–H and O–H groups in total. The molecule has 1 aromatic heterocycles. The van der Waals surface area contributed by atoms with Crippen molar-refractivity contribution in [3.05, 3.63) is 63.6 Å². The molecule has 0 atom stereocenters. The Bertz CT molecular complexity index is 885. The van der Waals surface area contributed by atoms with Crippen LogP contribution in [0.25, 0.3) is 0 Å². The zero-order chi connectivity index (χ0) is 19.8. The summed E-state index contributed by atoms with van der Waals surface area (Å²) >= 11 is 5.22. The molecule has 6 nitrogen and oxygen atoms in total. The van der Waals surface area contributed by atoms with E-state index in [4.69, 9.17) is 4.74 Å². The molecule has 8 heteroatoms. The Hall–Kier alpha value is -1.90. The zero-order valence-electron chi connectivity index (χ0n) is 16.1. The minimum absolute atomic E-state index is 0.567. The molecule has 28 heavy (non-hydrogen) atoms. The number of tetrazole rings is 1. The van der Waals surface area contributed by atoms with Crippen molar-refractivity contribution >= 4 is 27.7 Å². The van der Waals surface area contributed by atoms with Gasteiger partial charge in [0, 0.05) is 29.4 Å². The number of nitrogens with zero attached hydrogens (tertiary/aromatic N) is 4. The molecule has 148 valence electrons. The maximum Gasteiger partial charge on any atom is 0.209 e. The Morgan fingerprint density at radius 2 is 2.00 bits per heavy atom. The van der Waals surface area contributed by atoms with E-state index in [2.05, 4.69) is 74.0 Å². The van der Waals surface area contributed by atoms with Crippen LogP contribution in [-0.4, -0.2) is 32.5 Å². The van der Waals surface area contributed by atoms with Crippen molar-refractivity contribution in [3.63, 3.8) is 0 Å². The highest BCUT2D eigenvalue weighted by Gasteiger charge is 2.06. The highest BCUT2D eigenvalue weighted by Crippen LogP contribution is 2.24. The number of ether oxygens (including phenoxy) is 1. The third kappa shape index (κ3) is 6.32. The van der Waals surface area contributed by atoms with Crippen LogP contribution in [0.5, 0.6) is 5.75 Å². The van der Waals surface area contributed by atoms with Gasteiger partial charge < -0.3 is 10.1 Å². The summed E-state index contributed by atoms with van der Waals surface area (Å²) in [6.45, 7) is 4.34. The van der Waals surface area contributed by atoms with E-state index in [0.717, 1.165) is 46.2 Å². The van der Waals surface area contributed by atoms with Crippen LogP contribution >= 0.6 is 27.7 Å². The molecule has 0 aliphatic heterocycles. The normalized spacial score (nSPS) is 11.0. The third-order valence-electron chi connectivity index (χ3n) is 4.16. The highest BCUT2D eigenvalue weighted by molar-refractivity contribution is 9.10. The summed E-state index contributed by atoms with van der Waals surface area (Å²) < 4.78 is 8.81. The summed E-state index contributed by atoms with van der Waals surface area (Å²) in [6, 6.07) is 14.6. The molecular formula is C20H24BrN5OS. The molecule has 0 aliphatic carbocycles. The molecule has 0 amide bonds. The van der Waals surface area contributed by atoms with Gasteiger partial charge >= 0.3 is 0 Å². The fourth-order valence-corrected chi connectivity index (χ4v) is 3.80. The lowest BCUT2D eigenvalue weighted by molar-refractivity contribution is 0.302. The zero-order valence-corrected chi connectivity index (χ0v) is 18.5.